The molecule has 3 N–H and O–H groups in total. The maximum Gasteiger partial charge on any atom is 0.241 e. The third-order valence-corrected chi connectivity index (χ3v) is 2.46. The maximum atomic E-state index is 13.2. The zero-order valence-corrected chi connectivity index (χ0v) is 11.0. The van der Waals surface area contributed by atoms with Crippen molar-refractivity contribution in [3.63, 3.8) is 0 Å². The Morgan fingerprint density at radius 1 is 1.41 bits per heavy atom. The van der Waals surface area contributed by atoms with Gasteiger partial charge in [-0.3, -0.25) is 4.79 Å². The monoisotopic (exact) mass is 260 g/mol. The van der Waals surface area contributed by atoms with E-state index in [1.807, 2.05) is 13.8 Å². The van der Waals surface area contributed by atoms with Crippen LogP contribution in [0.2, 0.25) is 0 Å². The van der Waals surface area contributed by atoms with Crippen LogP contribution in [0.4, 0.5) is 10.1 Å². The summed E-state index contributed by atoms with van der Waals surface area (Å²) in [5.74, 6) is -0.579. The van der Waals surface area contributed by atoms with Gasteiger partial charge in [-0.25, -0.2) is 4.39 Å². The lowest BCUT2D eigenvalue weighted by Gasteiger charge is -2.15. The second-order valence-corrected chi connectivity index (χ2v) is 4.22. The Morgan fingerprint density at radius 3 is 2.47 bits per heavy atom. The molecule has 0 fully saturated rings. The summed E-state index contributed by atoms with van der Waals surface area (Å²) in [6.45, 7) is 5.39. The van der Waals surface area contributed by atoms with Gasteiger partial charge in [0.05, 0.1) is 6.04 Å². The number of benzene rings is 1. The molecule has 0 aliphatic rings. The normalized spacial score (nSPS) is 11.9. The quantitative estimate of drug-likeness (QED) is 0.877. The standard InChI is InChI=1S/C12H17FN2O.ClH/c1-7(2)11(14)12(16)15-9-5-4-8(3)10(13)6-9;/h4-7,11H,14H2,1-3H3,(H,15,16);1H/t11-;/m1./s1. The highest BCUT2D eigenvalue weighted by Crippen LogP contribution is 2.14. The molecule has 0 spiro atoms. The average molecular weight is 261 g/mol. The predicted octanol–water partition coefficient (Wildman–Crippen LogP) is 2.48. The van der Waals surface area contributed by atoms with Gasteiger partial charge in [0.2, 0.25) is 5.91 Å². The lowest BCUT2D eigenvalue weighted by atomic mass is 10.0. The van der Waals surface area contributed by atoms with Crippen LogP contribution in [0, 0.1) is 18.7 Å². The van der Waals surface area contributed by atoms with Crippen LogP contribution in [0.1, 0.15) is 19.4 Å². The van der Waals surface area contributed by atoms with E-state index in [-0.39, 0.29) is 30.0 Å². The molecule has 0 saturated carbocycles. The first-order valence-electron chi connectivity index (χ1n) is 5.24. The minimum Gasteiger partial charge on any atom is -0.325 e. The lowest BCUT2D eigenvalue weighted by molar-refractivity contribution is -0.118. The van der Waals surface area contributed by atoms with Gasteiger partial charge in [-0.2, -0.15) is 0 Å². The average Bonchev–Trinajstić information content (AvgIpc) is 2.22. The SMILES string of the molecule is Cc1ccc(NC(=O)[C@H](N)C(C)C)cc1F.Cl. The molecule has 1 atom stereocenters. The predicted molar refractivity (Wildman–Crippen MR) is 69.8 cm³/mol. The van der Waals surface area contributed by atoms with Crippen LogP contribution in [0.25, 0.3) is 0 Å². The maximum absolute atomic E-state index is 13.2. The Morgan fingerprint density at radius 2 is 2.00 bits per heavy atom. The number of hydrogen-bond donors (Lipinski definition) is 2. The minimum atomic E-state index is -0.579. The van der Waals surface area contributed by atoms with Crippen LogP contribution < -0.4 is 11.1 Å². The Balaban J connectivity index is 0.00000256. The third kappa shape index (κ3) is 4.32. The Kier molecular flexibility index (Phi) is 6.13. The van der Waals surface area contributed by atoms with Gasteiger partial charge >= 0.3 is 0 Å². The molecule has 1 aromatic rings. The molecule has 0 aromatic heterocycles. The number of rotatable bonds is 3. The van der Waals surface area contributed by atoms with Gasteiger partial charge in [-0.1, -0.05) is 19.9 Å². The summed E-state index contributed by atoms with van der Waals surface area (Å²) in [4.78, 5) is 11.6. The molecular weight excluding hydrogens is 243 g/mol. The number of aryl methyl sites for hydroxylation is 1. The number of halogens is 2. The molecule has 0 heterocycles. The van der Waals surface area contributed by atoms with E-state index in [0.29, 0.717) is 11.3 Å². The smallest absolute Gasteiger partial charge is 0.241 e. The van der Waals surface area contributed by atoms with Crippen molar-refractivity contribution in [1.82, 2.24) is 0 Å². The van der Waals surface area contributed by atoms with Crippen molar-refractivity contribution < 1.29 is 9.18 Å². The summed E-state index contributed by atoms with van der Waals surface area (Å²) in [6, 6.07) is 3.99. The van der Waals surface area contributed by atoms with Gasteiger partial charge < -0.3 is 11.1 Å². The molecule has 96 valence electrons. The van der Waals surface area contributed by atoms with Crippen LogP contribution in [-0.4, -0.2) is 11.9 Å². The van der Waals surface area contributed by atoms with E-state index in [1.165, 1.54) is 6.07 Å². The second-order valence-electron chi connectivity index (χ2n) is 4.22. The van der Waals surface area contributed by atoms with Crippen LogP contribution in [0.15, 0.2) is 18.2 Å². The number of carbonyl (C=O) groups is 1. The summed E-state index contributed by atoms with van der Waals surface area (Å²) in [6.07, 6.45) is 0. The largest absolute Gasteiger partial charge is 0.325 e. The molecule has 1 aromatic carbocycles. The van der Waals surface area contributed by atoms with Crippen molar-refractivity contribution in [2.75, 3.05) is 5.32 Å². The lowest BCUT2D eigenvalue weighted by Crippen LogP contribution is -2.39. The van der Waals surface area contributed by atoms with E-state index >= 15 is 0 Å². The first-order chi connectivity index (χ1) is 7.41. The number of carbonyl (C=O) groups excluding carboxylic acids is 1. The van der Waals surface area contributed by atoms with E-state index in [1.54, 1.807) is 19.1 Å². The second kappa shape index (κ2) is 6.57. The fraction of sp³-hybridized carbons (Fsp3) is 0.417. The van der Waals surface area contributed by atoms with E-state index in [0.717, 1.165) is 0 Å². The van der Waals surface area contributed by atoms with E-state index in [9.17, 15) is 9.18 Å². The topological polar surface area (TPSA) is 55.1 Å². The highest BCUT2D eigenvalue weighted by molar-refractivity contribution is 5.94. The van der Waals surface area contributed by atoms with Crippen molar-refractivity contribution in [1.29, 1.82) is 0 Å². The molecule has 0 saturated heterocycles. The van der Waals surface area contributed by atoms with Crippen LogP contribution in [-0.2, 0) is 4.79 Å². The molecular formula is C12H18ClFN2O. The Bertz CT molecular complexity index is 396. The third-order valence-electron chi connectivity index (χ3n) is 2.46. The number of amides is 1. The van der Waals surface area contributed by atoms with Crippen LogP contribution >= 0.6 is 12.4 Å². The fourth-order valence-electron chi connectivity index (χ4n) is 1.20. The van der Waals surface area contributed by atoms with Crippen LogP contribution in [0.3, 0.4) is 0 Å². The van der Waals surface area contributed by atoms with E-state index < -0.39 is 6.04 Å². The zero-order chi connectivity index (χ0) is 12.3. The van der Waals surface area contributed by atoms with E-state index in [2.05, 4.69) is 5.32 Å². The molecule has 0 aliphatic carbocycles. The minimum absolute atomic E-state index is 0. The van der Waals surface area contributed by atoms with Gasteiger partial charge in [0, 0.05) is 5.69 Å². The molecule has 3 nitrogen and oxygen atoms in total. The van der Waals surface area contributed by atoms with Gasteiger partial charge in [0.1, 0.15) is 5.82 Å². The zero-order valence-electron chi connectivity index (χ0n) is 10.2. The highest BCUT2D eigenvalue weighted by atomic mass is 35.5. The van der Waals surface area contributed by atoms with Gasteiger partial charge in [0.25, 0.3) is 0 Å². The van der Waals surface area contributed by atoms with Crippen molar-refractivity contribution in [2.45, 2.75) is 26.8 Å². The highest BCUT2D eigenvalue weighted by Gasteiger charge is 2.17. The molecule has 1 amide bonds. The van der Waals surface area contributed by atoms with Gasteiger partial charge in [-0.05, 0) is 30.5 Å². The molecule has 17 heavy (non-hydrogen) atoms. The summed E-state index contributed by atoms with van der Waals surface area (Å²) >= 11 is 0. The first-order valence-corrected chi connectivity index (χ1v) is 5.24. The first kappa shape index (κ1) is 15.9. The Hall–Kier alpha value is -1.13. The van der Waals surface area contributed by atoms with E-state index in [4.69, 9.17) is 5.73 Å². The fourth-order valence-corrected chi connectivity index (χ4v) is 1.20. The molecule has 0 radical (unpaired) electrons. The molecule has 0 bridgehead atoms. The summed E-state index contributed by atoms with van der Waals surface area (Å²) in [5, 5.41) is 2.59. The number of nitrogens with two attached hydrogens (primary N) is 1. The molecule has 5 heteroatoms. The van der Waals surface area contributed by atoms with Gasteiger partial charge in [-0.15, -0.1) is 12.4 Å². The summed E-state index contributed by atoms with van der Waals surface area (Å²) < 4.78 is 13.2. The van der Waals surface area contributed by atoms with Crippen molar-refractivity contribution in [3.8, 4) is 0 Å². The van der Waals surface area contributed by atoms with Crippen LogP contribution in [0.5, 0.6) is 0 Å². The summed E-state index contributed by atoms with van der Waals surface area (Å²) in [5.41, 5.74) is 6.65. The molecule has 0 unspecified atom stereocenters. The number of hydrogen-bond acceptors (Lipinski definition) is 2. The van der Waals surface area contributed by atoms with Crippen molar-refractivity contribution in [2.24, 2.45) is 11.7 Å². The van der Waals surface area contributed by atoms with Crippen molar-refractivity contribution >= 4 is 24.0 Å². The van der Waals surface area contributed by atoms with Gasteiger partial charge in [0.15, 0.2) is 0 Å². The molecule has 1 rings (SSSR count). The molecule has 0 aliphatic heterocycles. The Labute approximate surface area is 107 Å². The van der Waals surface area contributed by atoms with Crippen molar-refractivity contribution in [3.05, 3.63) is 29.6 Å². The number of anilines is 1. The number of nitrogens with one attached hydrogen (secondary N) is 1. The summed E-state index contributed by atoms with van der Waals surface area (Å²) in [7, 11) is 0.